The summed E-state index contributed by atoms with van der Waals surface area (Å²) in [5, 5.41) is 2.80. The lowest BCUT2D eigenvalue weighted by Crippen LogP contribution is -2.37. The summed E-state index contributed by atoms with van der Waals surface area (Å²) in [6.07, 6.45) is 1.85. The molecule has 0 bridgehead atoms. The van der Waals surface area contributed by atoms with E-state index in [2.05, 4.69) is 5.32 Å². The smallest absolute Gasteiger partial charge is 0.326 e. The summed E-state index contributed by atoms with van der Waals surface area (Å²) in [4.78, 5) is 41.8. The van der Waals surface area contributed by atoms with E-state index in [-0.39, 0.29) is 5.91 Å². The van der Waals surface area contributed by atoms with Gasteiger partial charge in [-0.1, -0.05) is 35.9 Å². The number of hydrogen-bond donors (Lipinski definition) is 1. The van der Waals surface area contributed by atoms with Crippen LogP contribution in [-0.2, 0) is 18.9 Å². The molecule has 0 fully saturated rings. The quantitative estimate of drug-likeness (QED) is 0.465. The highest BCUT2D eigenvalue weighted by Crippen LogP contribution is 2.30. The van der Waals surface area contributed by atoms with Crippen LogP contribution in [0, 0.1) is 6.92 Å². The van der Waals surface area contributed by atoms with E-state index in [1.165, 1.54) is 18.5 Å². The Hall–Kier alpha value is -4.40. The highest BCUT2D eigenvalue weighted by Gasteiger charge is 2.21. The Morgan fingerprint density at radius 1 is 1.00 bits per heavy atom. The molecule has 3 aromatic heterocycles. The summed E-state index contributed by atoms with van der Waals surface area (Å²) in [5.74, 6) is 0.312. The summed E-state index contributed by atoms with van der Waals surface area (Å²) in [6.45, 7) is 3.47. The Kier molecular flexibility index (Phi) is 4.56. The molecule has 0 atom stereocenters. The minimum absolute atomic E-state index is 0.173. The molecule has 166 valence electrons. The minimum Gasteiger partial charge on any atom is -0.326 e. The maximum Gasteiger partial charge on any atom is 0.332 e. The molecule has 0 aliphatic carbocycles. The molecule has 0 radical (unpaired) electrons. The third kappa shape index (κ3) is 3.16. The number of amides is 1. The first-order chi connectivity index (χ1) is 15.8. The number of anilines is 1. The highest BCUT2D eigenvalue weighted by atomic mass is 16.2. The standard InChI is InChI=1S/C24H22N6O3/c1-14-8-10-16(11-9-14)19-13-29-20-21(27(3)24(33)28(4)22(20)32)26-23(29)30(19)18-7-5-6-17(12-18)25-15(2)31/h5-13H,1-4H3,(H,25,31). The van der Waals surface area contributed by atoms with Crippen molar-refractivity contribution in [3.8, 4) is 16.9 Å². The molecule has 3 heterocycles. The van der Waals surface area contributed by atoms with Gasteiger partial charge in [0.2, 0.25) is 11.7 Å². The van der Waals surface area contributed by atoms with Crippen molar-refractivity contribution in [3.63, 3.8) is 0 Å². The molecule has 2 aromatic carbocycles. The van der Waals surface area contributed by atoms with E-state index in [0.29, 0.717) is 22.6 Å². The zero-order chi connectivity index (χ0) is 23.4. The van der Waals surface area contributed by atoms with Gasteiger partial charge in [0.15, 0.2) is 11.2 Å². The first kappa shape index (κ1) is 20.5. The van der Waals surface area contributed by atoms with Crippen molar-refractivity contribution in [2.45, 2.75) is 13.8 Å². The van der Waals surface area contributed by atoms with Crippen molar-refractivity contribution in [3.05, 3.63) is 81.1 Å². The van der Waals surface area contributed by atoms with Crippen molar-refractivity contribution in [2.75, 3.05) is 5.32 Å². The third-order valence-corrected chi connectivity index (χ3v) is 5.74. The van der Waals surface area contributed by atoms with Gasteiger partial charge >= 0.3 is 5.69 Å². The van der Waals surface area contributed by atoms with Gasteiger partial charge in [-0.05, 0) is 25.1 Å². The molecule has 0 unspecified atom stereocenters. The summed E-state index contributed by atoms with van der Waals surface area (Å²) < 4.78 is 6.08. The van der Waals surface area contributed by atoms with E-state index in [9.17, 15) is 14.4 Å². The second-order valence-electron chi connectivity index (χ2n) is 8.11. The van der Waals surface area contributed by atoms with Gasteiger partial charge in [-0.15, -0.1) is 0 Å². The lowest BCUT2D eigenvalue weighted by Gasteiger charge is -2.11. The number of aromatic nitrogens is 5. The van der Waals surface area contributed by atoms with Crippen LogP contribution in [0.15, 0.2) is 64.3 Å². The molecule has 0 saturated heterocycles. The molecule has 5 aromatic rings. The number of hydrogen-bond acceptors (Lipinski definition) is 4. The van der Waals surface area contributed by atoms with Gasteiger partial charge in [0.05, 0.1) is 11.4 Å². The van der Waals surface area contributed by atoms with Crippen molar-refractivity contribution in [1.29, 1.82) is 0 Å². The van der Waals surface area contributed by atoms with Crippen LogP contribution in [0.25, 0.3) is 33.9 Å². The van der Waals surface area contributed by atoms with E-state index >= 15 is 0 Å². The maximum atomic E-state index is 13.0. The van der Waals surface area contributed by atoms with Crippen LogP contribution in [0.1, 0.15) is 12.5 Å². The van der Waals surface area contributed by atoms with Crippen LogP contribution in [-0.4, -0.2) is 29.0 Å². The second-order valence-corrected chi connectivity index (χ2v) is 8.11. The average Bonchev–Trinajstić information content (AvgIpc) is 3.33. The number of aryl methyl sites for hydroxylation is 2. The highest BCUT2D eigenvalue weighted by molar-refractivity contribution is 5.89. The number of nitrogens with one attached hydrogen (secondary N) is 1. The van der Waals surface area contributed by atoms with Crippen LogP contribution in [0.2, 0.25) is 0 Å². The zero-order valence-electron chi connectivity index (χ0n) is 18.7. The topological polar surface area (TPSA) is 95.3 Å². The lowest BCUT2D eigenvalue weighted by molar-refractivity contribution is -0.114. The van der Waals surface area contributed by atoms with Gasteiger partial charge in [0, 0.05) is 38.5 Å². The van der Waals surface area contributed by atoms with Crippen LogP contribution >= 0.6 is 0 Å². The number of imidazole rings is 2. The zero-order valence-corrected chi connectivity index (χ0v) is 18.7. The largest absolute Gasteiger partial charge is 0.332 e. The van der Waals surface area contributed by atoms with Crippen LogP contribution in [0.5, 0.6) is 0 Å². The molecular weight excluding hydrogens is 420 g/mol. The minimum atomic E-state index is -0.439. The predicted molar refractivity (Wildman–Crippen MR) is 127 cm³/mol. The Bertz CT molecular complexity index is 1680. The van der Waals surface area contributed by atoms with E-state index in [0.717, 1.165) is 27.1 Å². The maximum absolute atomic E-state index is 13.0. The van der Waals surface area contributed by atoms with Gasteiger partial charge in [-0.2, -0.15) is 4.98 Å². The lowest BCUT2D eigenvalue weighted by atomic mass is 10.1. The summed E-state index contributed by atoms with van der Waals surface area (Å²) in [6, 6.07) is 15.4. The number of carbonyl (C=O) groups is 1. The second kappa shape index (κ2) is 7.33. The van der Waals surface area contributed by atoms with E-state index in [1.807, 2.05) is 60.2 Å². The molecule has 0 aliphatic heterocycles. The summed E-state index contributed by atoms with van der Waals surface area (Å²) >= 11 is 0. The molecule has 9 nitrogen and oxygen atoms in total. The Balaban J connectivity index is 1.90. The molecule has 33 heavy (non-hydrogen) atoms. The first-order valence-corrected chi connectivity index (χ1v) is 10.4. The Morgan fingerprint density at radius 3 is 2.42 bits per heavy atom. The molecule has 5 rings (SSSR count). The molecule has 1 amide bonds. The third-order valence-electron chi connectivity index (χ3n) is 5.74. The molecule has 0 aliphatic rings. The van der Waals surface area contributed by atoms with Crippen molar-refractivity contribution >= 4 is 28.5 Å². The normalized spacial score (nSPS) is 11.4. The SMILES string of the molecule is CC(=O)Nc1cccc(-n2c(-c3ccc(C)cc3)cn3c4c(=O)n(C)c(=O)n(C)c4nc23)c1. The number of rotatable bonds is 3. The average molecular weight is 442 g/mol. The predicted octanol–water partition coefficient (Wildman–Crippen LogP) is 2.61. The Labute approximate surface area is 188 Å². The molecule has 1 N–H and O–H groups in total. The van der Waals surface area contributed by atoms with Crippen LogP contribution in [0.4, 0.5) is 5.69 Å². The summed E-state index contributed by atoms with van der Waals surface area (Å²) in [7, 11) is 3.05. The number of carbonyl (C=O) groups excluding carboxylic acids is 1. The number of nitrogens with zero attached hydrogens (tertiary/aromatic N) is 5. The molecule has 0 spiro atoms. The fraction of sp³-hybridized carbons (Fsp3) is 0.167. The number of benzene rings is 2. The van der Waals surface area contributed by atoms with Gasteiger partial charge in [-0.25, -0.2) is 4.79 Å². The Morgan fingerprint density at radius 2 is 1.73 bits per heavy atom. The van der Waals surface area contributed by atoms with Gasteiger partial charge in [0.1, 0.15) is 0 Å². The molecule has 9 heteroatoms. The molecular formula is C24H22N6O3. The van der Waals surface area contributed by atoms with Crippen molar-refractivity contribution < 1.29 is 4.79 Å². The fourth-order valence-corrected chi connectivity index (χ4v) is 4.08. The van der Waals surface area contributed by atoms with E-state index < -0.39 is 11.2 Å². The van der Waals surface area contributed by atoms with Crippen LogP contribution in [0.3, 0.4) is 0 Å². The van der Waals surface area contributed by atoms with E-state index in [1.54, 1.807) is 17.5 Å². The molecule has 0 saturated carbocycles. The van der Waals surface area contributed by atoms with Gasteiger partial charge in [0.25, 0.3) is 5.56 Å². The van der Waals surface area contributed by atoms with Crippen molar-refractivity contribution in [1.82, 2.24) is 23.1 Å². The van der Waals surface area contributed by atoms with Gasteiger partial charge < -0.3 is 5.32 Å². The van der Waals surface area contributed by atoms with Gasteiger partial charge in [-0.3, -0.25) is 27.7 Å². The first-order valence-electron chi connectivity index (χ1n) is 10.4. The van der Waals surface area contributed by atoms with Crippen LogP contribution < -0.4 is 16.6 Å². The van der Waals surface area contributed by atoms with Crippen molar-refractivity contribution in [2.24, 2.45) is 14.1 Å². The van der Waals surface area contributed by atoms with E-state index in [4.69, 9.17) is 4.98 Å². The number of fused-ring (bicyclic) bond motifs is 3. The summed E-state index contributed by atoms with van der Waals surface area (Å²) in [5.41, 5.74) is 4.04. The monoisotopic (exact) mass is 442 g/mol. The fourth-order valence-electron chi connectivity index (χ4n) is 4.08.